The van der Waals surface area contributed by atoms with Crippen LogP contribution in [0.3, 0.4) is 0 Å². The van der Waals surface area contributed by atoms with E-state index in [0.29, 0.717) is 0 Å². The summed E-state index contributed by atoms with van der Waals surface area (Å²) >= 11 is 0. The van der Waals surface area contributed by atoms with Crippen LogP contribution in [0.2, 0.25) is 0 Å². The van der Waals surface area contributed by atoms with Crippen LogP contribution < -0.4 is 5.32 Å². The fourth-order valence-corrected chi connectivity index (χ4v) is 1.56. The minimum Gasteiger partial charge on any atom is -0.394 e. The van der Waals surface area contributed by atoms with Gasteiger partial charge in [-0.05, 0) is 17.7 Å². The van der Waals surface area contributed by atoms with Gasteiger partial charge >= 0.3 is 0 Å². The number of aliphatic hydroxyl groups is 3. The third-order valence-corrected chi connectivity index (χ3v) is 2.87. The molecule has 11 heteroatoms. The number of nitrogens with one attached hydrogen (secondary N) is 1. The fraction of sp³-hybridized carbons (Fsp3) is 0.364. The van der Waals surface area contributed by atoms with E-state index < -0.39 is 47.4 Å². The highest BCUT2D eigenvalue weighted by molar-refractivity contribution is 5.99. The maximum atomic E-state index is 12.1. The van der Waals surface area contributed by atoms with Crippen molar-refractivity contribution in [2.45, 2.75) is 5.54 Å². The molecular formula is C11H13N5O6. The molecule has 1 amide bonds. The Morgan fingerprint density at radius 2 is 1.95 bits per heavy atom. The number of aliphatic hydroxyl groups excluding tert-OH is 3. The van der Waals surface area contributed by atoms with Crippen molar-refractivity contribution in [2.24, 2.45) is 5.11 Å². The van der Waals surface area contributed by atoms with Crippen LogP contribution in [0.4, 0.5) is 11.4 Å². The Hall–Kier alpha value is -2.72. The number of nitro groups is 1. The maximum absolute atomic E-state index is 12.1. The normalized spacial score (nSPS) is 10.7. The van der Waals surface area contributed by atoms with Crippen LogP contribution >= 0.6 is 0 Å². The Balaban J connectivity index is 3.27. The first-order valence-electron chi connectivity index (χ1n) is 5.91. The highest BCUT2D eigenvalue weighted by atomic mass is 16.6. The number of hydrogen-bond donors (Lipinski definition) is 4. The van der Waals surface area contributed by atoms with E-state index >= 15 is 0 Å². The van der Waals surface area contributed by atoms with Crippen molar-refractivity contribution in [1.82, 2.24) is 5.32 Å². The Morgan fingerprint density at radius 3 is 2.41 bits per heavy atom. The minimum atomic E-state index is -1.74. The van der Waals surface area contributed by atoms with Gasteiger partial charge in [0.1, 0.15) is 11.1 Å². The Kier molecular flexibility index (Phi) is 5.78. The summed E-state index contributed by atoms with van der Waals surface area (Å²) in [6.45, 7) is -2.35. The minimum absolute atomic E-state index is 0.0270. The first-order chi connectivity index (χ1) is 10.4. The Morgan fingerprint density at radius 1 is 1.36 bits per heavy atom. The molecule has 0 bridgehead atoms. The molecule has 1 aromatic rings. The van der Waals surface area contributed by atoms with E-state index in [0.717, 1.165) is 18.2 Å². The van der Waals surface area contributed by atoms with Gasteiger partial charge in [-0.1, -0.05) is 5.11 Å². The summed E-state index contributed by atoms with van der Waals surface area (Å²) in [6.07, 6.45) is 0. The molecule has 118 valence electrons. The Bertz CT molecular complexity index is 615. The number of nitrogens with zero attached hydrogens (tertiary/aromatic N) is 4. The van der Waals surface area contributed by atoms with Gasteiger partial charge in [0.2, 0.25) is 0 Å². The standard InChI is InChI=1S/C11H13N5O6/c12-15-14-7-1-2-9(16(21)22)8(3-7)10(20)13-11(4-17,5-18)6-19/h1-3,17-19H,4-6H2,(H,13,20). The molecule has 0 saturated heterocycles. The first-order valence-corrected chi connectivity index (χ1v) is 5.91. The molecule has 0 aromatic heterocycles. The Labute approximate surface area is 123 Å². The van der Waals surface area contributed by atoms with Crippen molar-refractivity contribution >= 4 is 17.3 Å². The molecule has 1 rings (SSSR count). The predicted molar refractivity (Wildman–Crippen MR) is 73.4 cm³/mol. The summed E-state index contributed by atoms with van der Waals surface area (Å²) in [7, 11) is 0. The van der Waals surface area contributed by atoms with Crippen LogP contribution in [-0.4, -0.2) is 51.5 Å². The van der Waals surface area contributed by atoms with Crippen molar-refractivity contribution < 1.29 is 25.0 Å². The van der Waals surface area contributed by atoms with Crippen LogP contribution in [0.5, 0.6) is 0 Å². The number of azide groups is 1. The van der Waals surface area contributed by atoms with E-state index in [4.69, 9.17) is 20.9 Å². The zero-order valence-electron chi connectivity index (χ0n) is 11.2. The molecular weight excluding hydrogens is 298 g/mol. The molecule has 1 aromatic carbocycles. The molecule has 0 saturated carbocycles. The lowest BCUT2D eigenvalue weighted by atomic mass is 10.0. The van der Waals surface area contributed by atoms with Crippen molar-refractivity contribution in [3.8, 4) is 0 Å². The average Bonchev–Trinajstić information content (AvgIpc) is 2.52. The van der Waals surface area contributed by atoms with E-state index in [-0.39, 0.29) is 5.69 Å². The van der Waals surface area contributed by atoms with Crippen molar-refractivity contribution in [3.05, 3.63) is 44.3 Å². The number of carbonyl (C=O) groups is 1. The summed E-state index contributed by atoms with van der Waals surface area (Å²) in [4.78, 5) is 24.8. The predicted octanol–water partition coefficient (Wildman–Crippen LogP) is -0.0179. The lowest BCUT2D eigenvalue weighted by molar-refractivity contribution is -0.385. The molecule has 0 aliphatic heterocycles. The second-order valence-corrected chi connectivity index (χ2v) is 4.36. The first kappa shape index (κ1) is 17.3. The van der Waals surface area contributed by atoms with Gasteiger partial charge in [-0.25, -0.2) is 0 Å². The number of rotatable bonds is 7. The van der Waals surface area contributed by atoms with E-state index in [2.05, 4.69) is 15.3 Å². The number of benzene rings is 1. The van der Waals surface area contributed by atoms with Crippen LogP contribution in [0.15, 0.2) is 23.3 Å². The molecule has 0 aliphatic carbocycles. The molecule has 0 fully saturated rings. The number of hydrogen-bond acceptors (Lipinski definition) is 7. The lowest BCUT2D eigenvalue weighted by Gasteiger charge is -2.28. The topological polar surface area (TPSA) is 182 Å². The van der Waals surface area contributed by atoms with Crippen LogP contribution in [0, 0.1) is 10.1 Å². The molecule has 0 radical (unpaired) electrons. The summed E-state index contributed by atoms with van der Waals surface area (Å²) in [6, 6.07) is 3.13. The summed E-state index contributed by atoms with van der Waals surface area (Å²) in [5.41, 5.74) is 5.60. The smallest absolute Gasteiger partial charge is 0.282 e. The van der Waals surface area contributed by atoms with Gasteiger partial charge < -0.3 is 20.6 Å². The van der Waals surface area contributed by atoms with Crippen molar-refractivity contribution in [2.75, 3.05) is 19.8 Å². The van der Waals surface area contributed by atoms with Crippen LogP contribution in [0.1, 0.15) is 10.4 Å². The summed E-state index contributed by atoms with van der Waals surface area (Å²) < 4.78 is 0. The van der Waals surface area contributed by atoms with E-state index in [9.17, 15) is 14.9 Å². The average molecular weight is 311 g/mol. The number of carbonyl (C=O) groups excluding carboxylic acids is 1. The highest BCUT2D eigenvalue weighted by Crippen LogP contribution is 2.25. The van der Waals surface area contributed by atoms with Crippen LogP contribution in [-0.2, 0) is 0 Å². The third-order valence-electron chi connectivity index (χ3n) is 2.87. The molecule has 0 atom stereocenters. The van der Waals surface area contributed by atoms with Gasteiger partial charge in [0.15, 0.2) is 0 Å². The summed E-state index contributed by atoms with van der Waals surface area (Å²) in [5.74, 6) is -1.01. The number of amides is 1. The van der Waals surface area contributed by atoms with Gasteiger partial charge in [-0.15, -0.1) is 0 Å². The molecule has 22 heavy (non-hydrogen) atoms. The monoisotopic (exact) mass is 311 g/mol. The quantitative estimate of drug-likeness (QED) is 0.180. The van der Waals surface area contributed by atoms with Gasteiger partial charge in [0, 0.05) is 16.7 Å². The van der Waals surface area contributed by atoms with E-state index in [1.54, 1.807) is 0 Å². The second kappa shape index (κ2) is 7.33. The van der Waals surface area contributed by atoms with Gasteiger partial charge in [0.05, 0.1) is 24.7 Å². The molecule has 0 unspecified atom stereocenters. The molecule has 0 aliphatic rings. The molecule has 0 heterocycles. The third kappa shape index (κ3) is 3.68. The second-order valence-electron chi connectivity index (χ2n) is 4.36. The molecule has 11 nitrogen and oxygen atoms in total. The highest BCUT2D eigenvalue weighted by Gasteiger charge is 2.32. The zero-order valence-corrected chi connectivity index (χ0v) is 11.2. The zero-order chi connectivity index (χ0) is 16.8. The van der Waals surface area contributed by atoms with E-state index in [1.165, 1.54) is 0 Å². The van der Waals surface area contributed by atoms with Gasteiger partial charge in [0.25, 0.3) is 11.6 Å². The number of nitro benzene ring substituents is 1. The van der Waals surface area contributed by atoms with Crippen LogP contribution in [0.25, 0.3) is 10.4 Å². The van der Waals surface area contributed by atoms with Gasteiger partial charge in [-0.3, -0.25) is 14.9 Å². The lowest BCUT2D eigenvalue weighted by Crippen LogP contribution is -2.57. The van der Waals surface area contributed by atoms with Crippen molar-refractivity contribution in [3.63, 3.8) is 0 Å². The SMILES string of the molecule is [N-]=[N+]=Nc1ccc([N+](=O)[O-])c(C(=O)NC(CO)(CO)CO)c1. The molecule has 4 N–H and O–H groups in total. The molecule has 0 spiro atoms. The maximum Gasteiger partial charge on any atom is 0.282 e. The van der Waals surface area contributed by atoms with Crippen molar-refractivity contribution in [1.29, 1.82) is 0 Å². The van der Waals surface area contributed by atoms with Gasteiger partial charge in [-0.2, -0.15) is 0 Å². The largest absolute Gasteiger partial charge is 0.394 e. The summed E-state index contributed by atoms with van der Waals surface area (Å²) in [5, 5.41) is 43.8. The van der Waals surface area contributed by atoms with E-state index in [1.807, 2.05) is 0 Å². The fourth-order valence-electron chi connectivity index (χ4n) is 1.56.